The number of ether oxygens (including phenoxy) is 2. The Bertz CT molecular complexity index is 1360. The Morgan fingerprint density at radius 3 is 2.51 bits per heavy atom. The first-order valence-electron chi connectivity index (χ1n) is 11.7. The highest BCUT2D eigenvalue weighted by Gasteiger charge is 2.17. The van der Waals surface area contributed by atoms with Gasteiger partial charge in [0.15, 0.2) is 22.5 Å². The second kappa shape index (κ2) is 12.6. The molecule has 1 amide bonds. The Morgan fingerprint density at radius 2 is 1.78 bits per heavy atom. The zero-order chi connectivity index (χ0) is 26.0. The minimum atomic E-state index is -0.299. The topological polar surface area (TPSA) is 111 Å². The number of benzene rings is 3. The number of nitrogens with one attached hydrogen (secondary N) is 1. The van der Waals surface area contributed by atoms with Crippen LogP contribution >= 0.6 is 11.8 Å². The van der Waals surface area contributed by atoms with Crippen LogP contribution in [-0.2, 0) is 4.79 Å². The van der Waals surface area contributed by atoms with Crippen molar-refractivity contribution in [3.63, 3.8) is 0 Å². The van der Waals surface area contributed by atoms with E-state index in [4.69, 9.17) is 9.47 Å². The van der Waals surface area contributed by atoms with Crippen LogP contribution in [0.25, 0.3) is 17.1 Å². The molecule has 0 fully saturated rings. The Morgan fingerprint density at radius 1 is 1.03 bits per heavy atom. The maximum Gasteiger partial charge on any atom is 0.250 e. The van der Waals surface area contributed by atoms with Gasteiger partial charge in [-0.3, -0.25) is 9.36 Å². The molecule has 1 heterocycles. The summed E-state index contributed by atoms with van der Waals surface area (Å²) in [5, 5.41) is 23.1. The lowest BCUT2D eigenvalue weighted by atomic mass is 10.2. The van der Waals surface area contributed by atoms with E-state index in [0.717, 1.165) is 17.0 Å². The van der Waals surface area contributed by atoms with Crippen LogP contribution in [0.5, 0.6) is 17.2 Å². The van der Waals surface area contributed by atoms with Crippen molar-refractivity contribution >= 4 is 23.9 Å². The van der Waals surface area contributed by atoms with E-state index >= 15 is 0 Å². The van der Waals surface area contributed by atoms with Crippen molar-refractivity contribution in [1.29, 1.82) is 0 Å². The van der Waals surface area contributed by atoms with Crippen LogP contribution in [-0.4, -0.2) is 51.0 Å². The average Bonchev–Trinajstić information content (AvgIpc) is 3.34. The van der Waals surface area contributed by atoms with Gasteiger partial charge >= 0.3 is 0 Å². The predicted octanol–water partition coefficient (Wildman–Crippen LogP) is 4.68. The largest absolute Gasteiger partial charge is 0.504 e. The van der Waals surface area contributed by atoms with E-state index in [1.807, 2.05) is 73.0 Å². The molecular weight excluding hydrogens is 490 g/mol. The van der Waals surface area contributed by atoms with Crippen molar-refractivity contribution in [2.24, 2.45) is 5.10 Å². The summed E-state index contributed by atoms with van der Waals surface area (Å²) in [4.78, 5) is 12.5. The summed E-state index contributed by atoms with van der Waals surface area (Å²) in [7, 11) is 0. The van der Waals surface area contributed by atoms with Crippen LogP contribution in [0.15, 0.2) is 83.1 Å². The summed E-state index contributed by atoms with van der Waals surface area (Å²) in [6, 6.07) is 22.2. The fourth-order valence-electron chi connectivity index (χ4n) is 3.45. The van der Waals surface area contributed by atoms with E-state index in [1.54, 1.807) is 12.1 Å². The van der Waals surface area contributed by atoms with Crippen LogP contribution in [0.2, 0.25) is 0 Å². The molecule has 0 unspecified atom stereocenters. The van der Waals surface area contributed by atoms with Crippen molar-refractivity contribution in [3.8, 4) is 34.3 Å². The average molecular weight is 518 g/mol. The molecule has 0 aliphatic heterocycles. The summed E-state index contributed by atoms with van der Waals surface area (Å²) in [5.74, 6) is 1.63. The standard InChI is InChI=1S/C27H27N5O4S/c1-3-35-22-13-11-21(12-14-22)32-26(20-8-6-5-7-9-20)30-31-27(32)37-18-25(34)29-28-17-19-10-15-23(33)24(16-19)36-4-2/h5-17,33H,3-4,18H2,1-2H3,(H,29,34)/b28-17-. The smallest absolute Gasteiger partial charge is 0.250 e. The van der Waals surface area contributed by atoms with Gasteiger partial charge in [-0.1, -0.05) is 42.1 Å². The number of carbonyl (C=O) groups excluding carboxylic acids is 1. The normalized spacial score (nSPS) is 11.0. The molecule has 0 aliphatic rings. The first-order valence-corrected chi connectivity index (χ1v) is 12.7. The van der Waals surface area contributed by atoms with E-state index in [0.29, 0.717) is 35.5 Å². The molecule has 0 saturated heterocycles. The number of hydrogen-bond acceptors (Lipinski definition) is 8. The Hall–Kier alpha value is -4.31. The zero-order valence-electron chi connectivity index (χ0n) is 20.5. The van der Waals surface area contributed by atoms with Crippen LogP contribution in [0.3, 0.4) is 0 Å². The Balaban J connectivity index is 1.47. The first-order chi connectivity index (χ1) is 18.1. The fourth-order valence-corrected chi connectivity index (χ4v) is 4.20. The molecule has 190 valence electrons. The number of aromatic nitrogens is 3. The van der Waals surface area contributed by atoms with Crippen molar-refractivity contribution < 1.29 is 19.4 Å². The summed E-state index contributed by atoms with van der Waals surface area (Å²) >= 11 is 1.26. The number of thioether (sulfide) groups is 1. The summed E-state index contributed by atoms with van der Waals surface area (Å²) < 4.78 is 12.8. The molecular formula is C27H27N5O4S. The summed E-state index contributed by atoms with van der Waals surface area (Å²) in [5.41, 5.74) is 4.96. The van der Waals surface area contributed by atoms with Crippen LogP contribution in [0.4, 0.5) is 0 Å². The number of carbonyl (C=O) groups is 1. The Labute approximate surface area is 219 Å². The van der Waals surface area contributed by atoms with Gasteiger partial charge in [0.05, 0.1) is 25.2 Å². The van der Waals surface area contributed by atoms with Gasteiger partial charge in [-0.15, -0.1) is 10.2 Å². The molecule has 1 aromatic heterocycles. The Kier molecular flexibility index (Phi) is 8.77. The number of rotatable bonds is 11. The molecule has 2 N–H and O–H groups in total. The third-order valence-electron chi connectivity index (χ3n) is 5.09. The lowest BCUT2D eigenvalue weighted by Gasteiger charge is -2.11. The van der Waals surface area contributed by atoms with Crippen LogP contribution in [0.1, 0.15) is 19.4 Å². The predicted molar refractivity (Wildman–Crippen MR) is 144 cm³/mol. The summed E-state index contributed by atoms with van der Waals surface area (Å²) in [6.45, 7) is 4.78. The minimum absolute atomic E-state index is 0.0472. The van der Waals surface area contributed by atoms with Gasteiger partial charge in [0.2, 0.25) is 0 Å². The highest BCUT2D eigenvalue weighted by atomic mass is 32.2. The van der Waals surface area contributed by atoms with E-state index < -0.39 is 0 Å². The lowest BCUT2D eigenvalue weighted by molar-refractivity contribution is -0.118. The molecule has 37 heavy (non-hydrogen) atoms. The second-order valence-corrected chi connectivity index (χ2v) is 8.62. The molecule has 0 saturated carbocycles. The van der Waals surface area contributed by atoms with Gasteiger partial charge in [-0.2, -0.15) is 5.10 Å². The molecule has 0 aliphatic carbocycles. The van der Waals surface area contributed by atoms with Gasteiger partial charge in [0.25, 0.3) is 5.91 Å². The monoisotopic (exact) mass is 517 g/mol. The van der Waals surface area contributed by atoms with Crippen LogP contribution in [0, 0.1) is 0 Å². The number of phenols is 1. The van der Waals surface area contributed by atoms with Crippen molar-refractivity contribution in [3.05, 3.63) is 78.4 Å². The highest BCUT2D eigenvalue weighted by Crippen LogP contribution is 2.29. The zero-order valence-corrected chi connectivity index (χ0v) is 21.3. The second-order valence-electron chi connectivity index (χ2n) is 7.68. The molecule has 0 atom stereocenters. The van der Waals surface area contributed by atoms with Gasteiger partial charge in [0.1, 0.15) is 5.75 Å². The third-order valence-corrected chi connectivity index (χ3v) is 6.02. The van der Waals surface area contributed by atoms with Crippen molar-refractivity contribution in [2.75, 3.05) is 19.0 Å². The molecule has 0 spiro atoms. The number of hydrazone groups is 1. The van der Waals surface area contributed by atoms with Gasteiger partial charge in [0, 0.05) is 11.3 Å². The van der Waals surface area contributed by atoms with Crippen molar-refractivity contribution in [2.45, 2.75) is 19.0 Å². The molecule has 0 bridgehead atoms. The highest BCUT2D eigenvalue weighted by molar-refractivity contribution is 7.99. The third kappa shape index (κ3) is 6.68. The van der Waals surface area contributed by atoms with Crippen molar-refractivity contribution in [1.82, 2.24) is 20.2 Å². The summed E-state index contributed by atoms with van der Waals surface area (Å²) in [6.07, 6.45) is 1.49. The lowest BCUT2D eigenvalue weighted by Crippen LogP contribution is -2.20. The number of hydrogen-bond donors (Lipinski definition) is 2. The molecule has 10 heteroatoms. The van der Waals surface area contributed by atoms with E-state index in [9.17, 15) is 9.90 Å². The first kappa shape index (κ1) is 25.8. The minimum Gasteiger partial charge on any atom is -0.504 e. The number of phenolic OH excluding ortho intramolecular Hbond substituents is 1. The fraction of sp³-hybridized carbons (Fsp3) is 0.185. The maximum atomic E-state index is 12.5. The van der Waals surface area contributed by atoms with Gasteiger partial charge in [-0.05, 0) is 61.9 Å². The van der Waals surface area contributed by atoms with Gasteiger partial charge in [-0.25, -0.2) is 5.43 Å². The number of nitrogens with zero attached hydrogens (tertiary/aromatic N) is 4. The molecule has 9 nitrogen and oxygen atoms in total. The van der Waals surface area contributed by atoms with E-state index in [2.05, 4.69) is 20.7 Å². The maximum absolute atomic E-state index is 12.5. The molecule has 0 radical (unpaired) electrons. The molecule has 4 rings (SSSR count). The number of aromatic hydroxyl groups is 1. The van der Waals surface area contributed by atoms with Crippen LogP contribution < -0.4 is 14.9 Å². The molecule has 3 aromatic carbocycles. The van der Waals surface area contributed by atoms with E-state index in [-0.39, 0.29) is 17.4 Å². The number of amides is 1. The van der Waals surface area contributed by atoms with E-state index in [1.165, 1.54) is 24.0 Å². The SMILES string of the molecule is CCOc1ccc(-n2c(SCC(=O)N/N=C\c3ccc(O)c(OCC)c3)nnc2-c2ccccc2)cc1. The van der Waals surface area contributed by atoms with Gasteiger partial charge < -0.3 is 14.6 Å². The quantitative estimate of drug-likeness (QED) is 0.169. The molecule has 4 aromatic rings.